The quantitative estimate of drug-likeness (QED) is 0.693. The van der Waals surface area contributed by atoms with Crippen LogP contribution >= 0.6 is 22.9 Å². The Labute approximate surface area is 166 Å². The number of halogens is 1. The lowest BCUT2D eigenvalue weighted by Gasteiger charge is -2.29. The molecular formula is C20H19ClN2O3S. The number of benzene rings is 1. The van der Waals surface area contributed by atoms with E-state index in [9.17, 15) is 4.79 Å². The highest BCUT2D eigenvalue weighted by Gasteiger charge is 2.26. The van der Waals surface area contributed by atoms with Crippen LogP contribution in [0.15, 0.2) is 36.7 Å². The van der Waals surface area contributed by atoms with Crippen LogP contribution in [0.3, 0.4) is 0 Å². The van der Waals surface area contributed by atoms with E-state index in [-0.39, 0.29) is 5.91 Å². The first kappa shape index (κ1) is 17.9. The first-order valence-electron chi connectivity index (χ1n) is 8.56. The van der Waals surface area contributed by atoms with E-state index in [4.69, 9.17) is 21.1 Å². The highest BCUT2D eigenvalue weighted by Crippen LogP contribution is 2.36. The first-order chi connectivity index (χ1) is 13.1. The van der Waals surface area contributed by atoms with Gasteiger partial charge in [-0.3, -0.25) is 4.79 Å². The standard InChI is InChI=1S/C20H19ClN2O3S/c1-25-16-7-12-5-6-23(11-13(12)8-17(16)26-2)20(24)15-10-22-9-14(15)18-3-4-19(21)27-18/h3-4,7-10,22H,5-6,11H2,1-2H3. The number of aromatic nitrogens is 1. The highest BCUT2D eigenvalue weighted by molar-refractivity contribution is 7.19. The third-order valence-electron chi connectivity index (χ3n) is 4.82. The number of carbonyl (C=O) groups is 1. The van der Waals surface area contributed by atoms with E-state index >= 15 is 0 Å². The smallest absolute Gasteiger partial charge is 0.256 e. The Morgan fingerprint density at radius 1 is 1.15 bits per heavy atom. The number of nitrogens with one attached hydrogen (secondary N) is 1. The number of rotatable bonds is 4. The number of carbonyl (C=O) groups excluding carboxylic acids is 1. The lowest BCUT2D eigenvalue weighted by molar-refractivity contribution is 0.0735. The van der Waals surface area contributed by atoms with Gasteiger partial charge in [-0.25, -0.2) is 0 Å². The van der Waals surface area contributed by atoms with Crippen LogP contribution < -0.4 is 9.47 Å². The summed E-state index contributed by atoms with van der Waals surface area (Å²) >= 11 is 7.52. The number of fused-ring (bicyclic) bond motifs is 1. The van der Waals surface area contributed by atoms with Crippen molar-refractivity contribution in [3.63, 3.8) is 0 Å². The second-order valence-electron chi connectivity index (χ2n) is 6.34. The number of ether oxygens (including phenoxy) is 2. The maximum absolute atomic E-state index is 13.2. The van der Waals surface area contributed by atoms with E-state index in [0.29, 0.717) is 28.7 Å². The second kappa shape index (κ2) is 7.29. The number of hydrogen-bond acceptors (Lipinski definition) is 4. The summed E-state index contributed by atoms with van der Waals surface area (Å²) in [5.41, 5.74) is 3.83. The van der Waals surface area contributed by atoms with Gasteiger partial charge in [-0.05, 0) is 41.8 Å². The molecule has 0 aliphatic carbocycles. The normalized spacial score (nSPS) is 13.4. The molecule has 0 saturated heterocycles. The molecule has 0 saturated carbocycles. The van der Waals surface area contributed by atoms with Crippen molar-refractivity contribution in [2.45, 2.75) is 13.0 Å². The molecule has 1 N–H and O–H groups in total. The van der Waals surface area contributed by atoms with Crippen molar-refractivity contribution in [3.8, 4) is 21.9 Å². The number of thiophene rings is 1. The lowest BCUT2D eigenvalue weighted by atomic mass is 9.98. The predicted molar refractivity (Wildman–Crippen MR) is 107 cm³/mol. The molecule has 2 aromatic heterocycles. The van der Waals surface area contributed by atoms with Crippen molar-refractivity contribution >= 4 is 28.8 Å². The monoisotopic (exact) mass is 402 g/mol. The third kappa shape index (κ3) is 3.31. The minimum atomic E-state index is 0.0104. The molecule has 3 aromatic rings. The predicted octanol–water partition coefficient (Wildman–Crippen LogP) is 4.61. The van der Waals surface area contributed by atoms with Crippen molar-refractivity contribution in [1.29, 1.82) is 0 Å². The van der Waals surface area contributed by atoms with E-state index in [1.54, 1.807) is 20.4 Å². The van der Waals surface area contributed by atoms with Gasteiger partial charge in [0.15, 0.2) is 11.5 Å². The summed E-state index contributed by atoms with van der Waals surface area (Å²) in [5, 5.41) is 0. The molecule has 140 valence electrons. The summed E-state index contributed by atoms with van der Waals surface area (Å²) < 4.78 is 11.5. The zero-order chi connectivity index (χ0) is 19.0. The number of amides is 1. The second-order valence-corrected chi connectivity index (χ2v) is 8.05. The Morgan fingerprint density at radius 2 is 1.89 bits per heavy atom. The Bertz CT molecular complexity index is 995. The van der Waals surface area contributed by atoms with E-state index in [1.807, 2.05) is 35.4 Å². The van der Waals surface area contributed by atoms with Crippen LogP contribution in [-0.4, -0.2) is 36.6 Å². The van der Waals surface area contributed by atoms with Gasteiger partial charge < -0.3 is 19.4 Å². The van der Waals surface area contributed by atoms with Crippen LogP contribution in [-0.2, 0) is 13.0 Å². The summed E-state index contributed by atoms with van der Waals surface area (Å²) in [5.74, 6) is 1.41. The molecule has 0 fully saturated rings. The third-order valence-corrected chi connectivity index (χ3v) is 6.08. The van der Waals surface area contributed by atoms with E-state index < -0.39 is 0 Å². The van der Waals surface area contributed by atoms with Gasteiger partial charge in [0.1, 0.15) is 0 Å². The van der Waals surface area contributed by atoms with Crippen molar-refractivity contribution in [2.75, 3.05) is 20.8 Å². The van der Waals surface area contributed by atoms with E-state index in [2.05, 4.69) is 4.98 Å². The van der Waals surface area contributed by atoms with Crippen LogP contribution in [0.4, 0.5) is 0 Å². The molecule has 0 radical (unpaired) electrons. The molecule has 1 amide bonds. The Balaban J connectivity index is 1.61. The number of aromatic amines is 1. The van der Waals surface area contributed by atoms with Gasteiger partial charge in [0.2, 0.25) is 0 Å². The molecule has 7 heteroatoms. The van der Waals surface area contributed by atoms with Gasteiger partial charge in [0.25, 0.3) is 5.91 Å². The molecule has 1 aromatic carbocycles. The van der Waals surface area contributed by atoms with Crippen molar-refractivity contribution in [1.82, 2.24) is 9.88 Å². The molecule has 3 heterocycles. The number of H-pyrrole nitrogens is 1. The minimum absolute atomic E-state index is 0.0104. The highest BCUT2D eigenvalue weighted by atomic mass is 35.5. The largest absolute Gasteiger partial charge is 0.493 e. The topological polar surface area (TPSA) is 54.6 Å². The van der Waals surface area contributed by atoms with Crippen LogP contribution in [0.1, 0.15) is 21.5 Å². The van der Waals surface area contributed by atoms with E-state index in [1.165, 1.54) is 16.9 Å². The zero-order valence-corrected chi connectivity index (χ0v) is 16.6. The van der Waals surface area contributed by atoms with Gasteiger partial charge in [-0.1, -0.05) is 11.6 Å². The summed E-state index contributed by atoms with van der Waals surface area (Å²) in [4.78, 5) is 19.1. The SMILES string of the molecule is COc1cc2c(cc1OC)CN(C(=O)c1c[nH]cc1-c1ccc(Cl)s1)CC2. The molecule has 0 unspecified atom stereocenters. The van der Waals surface area contributed by atoms with Crippen molar-refractivity contribution in [2.24, 2.45) is 0 Å². The summed E-state index contributed by atoms with van der Waals surface area (Å²) in [6, 6.07) is 7.76. The Hall–Kier alpha value is -2.44. The number of nitrogens with zero attached hydrogens (tertiary/aromatic N) is 1. The summed E-state index contributed by atoms with van der Waals surface area (Å²) in [6.07, 6.45) is 4.39. The lowest BCUT2D eigenvalue weighted by Crippen LogP contribution is -2.36. The van der Waals surface area contributed by atoms with Crippen LogP contribution in [0.25, 0.3) is 10.4 Å². The summed E-state index contributed by atoms with van der Waals surface area (Å²) in [7, 11) is 3.25. The average molecular weight is 403 g/mol. The fourth-order valence-electron chi connectivity index (χ4n) is 3.43. The summed E-state index contributed by atoms with van der Waals surface area (Å²) in [6.45, 7) is 1.21. The number of methoxy groups -OCH3 is 2. The van der Waals surface area contributed by atoms with Crippen LogP contribution in [0, 0.1) is 0 Å². The average Bonchev–Trinajstić information content (AvgIpc) is 3.34. The molecule has 0 spiro atoms. The molecule has 4 rings (SSSR count). The van der Waals surface area contributed by atoms with E-state index in [0.717, 1.165) is 28.2 Å². The van der Waals surface area contributed by atoms with Crippen molar-refractivity contribution in [3.05, 3.63) is 57.7 Å². The van der Waals surface area contributed by atoms with Gasteiger partial charge in [0.05, 0.1) is 24.1 Å². The zero-order valence-electron chi connectivity index (χ0n) is 15.0. The molecular weight excluding hydrogens is 384 g/mol. The molecule has 0 atom stereocenters. The molecule has 1 aliphatic rings. The number of hydrogen-bond donors (Lipinski definition) is 1. The van der Waals surface area contributed by atoms with Crippen molar-refractivity contribution < 1.29 is 14.3 Å². The Kier molecular flexibility index (Phi) is 4.85. The Morgan fingerprint density at radius 3 is 2.56 bits per heavy atom. The molecule has 1 aliphatic heterocycles. The van der Waals surface area contributed by atoms with Gasteiger partial charge in [-0.2, -0.15) is 0 Å². The fraction of sp³-hybridized carbons (Fsp3) is 0.250. The minimum Gasteiger partial charge on any atom is -0.493 e. The maximum Gasteiger partial charge on any atom is 0.256 e. The first-order valence-corrected chi connectivity index (χ1v) is 9.75. The van der Waals surface area contributed by atoms with Crippen LogP contribution in [0.2, 0.25) is 4.34 Å². The molecule has 0 bridgehead atoms. The molecule has 5 nitrogen and oxygen atoms in total. The van der Waals surface area contributed by atoms with Gasteiger partial charge in [0, 0.05) is 35.9 Å². The van der Waals surface area contributed by atoms with Gasteiger partial charge in [-0.15, -0.1) is 11.3 Å². The van der Waals surface area contributed by atoms with Gasteiger partial charge >= 0.3 is 0 Å². The molecule has 27 heavy (non-hydrogen) atoms. The fourth-order valence-corrected chi connectivity index (χ4v) is 4.50. The maximum atomic E-state index is 13.2. The van der Waals surface area contributed by atoms with Crippen LogP contribution in [0.5, 0.6) is 11.5 Å².